The van der Waals surface area contributed by atoms with Crippen molar-refractivity contribution in [3.63, 3.8) is 0 Å². The van der Waals surface area contributed by atoms with Crippen molar-refractivity contribution in [3.05, 3.63) is 77.8 Å². The minimum atomic E-state index is -0.377. The number of H-pyrrole nitrogens is 1. The first-order chi connectivity index (χ1) is 21.0. The maximum atomic E-state index is 13.4. The molecule has 0 unspecified atom stereocenters. The number of Topliss-reactive ketones (excluding diaryl/α,β-unsaturated/α-hetero) is 1. The summed E-state index contributed by atoms with van der Waals surface area (Å²) in [6.45, 7) is 2.80. The highest BCUT2D eigenvalue weighted by Crippen LogP contribution is 2.34. The van der Waals surface area contributed by atoms with Gasteiger partial charge in [-0.05, 0) is 57.2 Å². The van der Waals surface area contributed by atoms with Crippen LogP contribution in [0.4, 0.5) is 0 Å². The Morgan fingerprint density at radius 3 is 2.86 bits per heavy atom. The van der Waals surface area contributed by atoms with Gasteiger partial charge in [-0.1, -0.05) is 18.9 Å². The van der Waals surface area contributed by atoms with Gasteiger partial charge in [0.15, 0.2) is 0 Å². The number of unbranched alkanes of at least 4 members (excludes halogenated alkanes) is 2. The third kappa shape index (κ3) is 6.35. The van der Waals surface area contributed by atoms with Crippen molar-refractivity contribution in [2.45, 2.75) is 70.9 Å². The van der Waals surface area contributed by atoms with Gasteiger partial charge >= 0.3 is 0 Å². The molecule has 0 fully saturated rings. The number of carbonyl (C=O) groups excluding carboxylic acids is 2. The maximum absolute atomic E-state index is 13.4. The number of nitrogens with zero attached hydrogens (tertiary/aromatic N) is 5. The first-order valence-corrected chi connectivity index (χ1v) is 14.8. The summed E-state index contributed by atoms with van der Waals surface area (Å²) >= 11 is 0. The van der Waals surface area contributed by atoms with E-state index < -0.39 is 0 Å². The summed E-state index contributed by atoms with van der Waals surface area (Å²) in [5.74, 6) is 1.14. The van der Waals surface area contributed by atoms with Gasteiger partial charge in [-0.2, -0.15) is 5.10 Å². The molecule has 0 spiro atoms. The van der Waals surface area contributed by atoms with Crippen molar-refractivity contribution in [2.75, 3.05) is 7.11 Å². The van der Waals surface area contributed by atoms with E-state index in [-0.39, 0.29) is 23.6 Å². The molecule has 0 radical (unpaired) electrons. The second kappa shape index (κ2) is 12.6. The van der Waals surface area contributed by atoms with Crippen LogP contribution in [0.2, 0.25) is 0 Å². The summed E-state index contributed by atoms with van der Waals surface area (Å²) in [6.07, 6.45) is 11.0. The molecule has 0 saturated carbocycles. The number of ether oxygens (including phenoxy) is 1. The van der Waals surface area contributed by atoms with Gasteiger partial charge in [0, 0.05) is 41.4 Å². The van der Waals surface area contributed by atoms with Crippen molar-refractivity contribution in [1.82, 2.24) is 35.0 Å². The predicted molar refractivity (Wildman–Crippen MR) is 160 cm³/mol. The molecule has 1 aliphatic rings. The highest BCUT2D eigenvalue weighted by molar-refractivity contribution is 5.93. The molecule has 43 heavy (non-hydrogen) atoms. The second-order valence-corrected chi connectivity index (χ2v) is 11.0. The molecule has 1 aromatic carbocycles. The van der Waals surface area contributed by atoms with Gasteiger partial charge < -0.3 is 19.5 Å². The summed E-state index contributed by atoms with van der Waals surface area (Å²) < 4.78 is 12.8. The number of aromatic nitrogens is 6. The van der Waals surface area contributed by atoms with Crippen LogP contribution in [0.1, 0.15) is 89.4 Å². The number of rotatable bonds is 12. The molecule has 0 aliphatic carbocycles. The van der Waals surface area contributed by atoms with E-state index in [4.69, 9.17) is 14.1 Å². The lowest BCUT2D eigenvalue weighted by Crippen LogP contribution is -2.30. The Balaban J connectivity index is 1.20. The van der Waals surface area contributed by atoms with Crippen LogP contribution in [-0.4, -0.2) is 48.5 Å². The number of nitrogens with one attached hydrogen (secondary N) is 2. The number of imidazole rings is 1. The third-order valence-corrected chi connectivity index (χ3v) is 7.89. The lowest BCUT2D eigenvalue weighted by molar-refractivity contribution is 0.0925. The first-order valence-electron chi connectivity index (χ1n) is 14.8. The quantitative estimate of drug-likeness (QED) is 0.140. The molecule has 1 amide bonds. The summed E-state index contributed by atoms with van der Waals surface area (Å²) in [7, 11) is 1.64. The van der Waals surface area contributed by atoms with E-state index in [0.717, 1.165) is 72.2 Å². The largest absolute Gasteiger partial charge is 0.496 e. The highest BCUT2D eigenvalue weighted by atomic mass is 16.5. The van der Waals surface area contributed by atoms with Gasteiger partial charge in [0.25, 0.3) is 11.8 Å². The van der Waals surface area contributed by atoms with Crippen molar-refractivity contribution in [1.29, 1.82) is 0 Å². The molecule has 2 N–H and O–H groups in total. The Hall–Kier alpha value is -4.80. The first kappa shape index (κ1) is 28.3. The lowest BCUT2D eigenvalue weighted by Gasteiger charge is -2.16. The molecule has 0 saturated heterocycles. The van der Waals surface area contributed by atoms with Crippen LogP contribution in [0.15, 0.2) is 53.4 Å². The second-order valence-electron chi connectivity index (χ2n) is 11.0. The summed E-state index contributed by atoms with van der Waals surface area (Å²) in [5, 5.41) is 8.72. The summed E-state index contributed by atoms with van der Waals surface area (Å²) in [5.41, 5.74) is 4.94. The van der Waals surface area contributed by atoms with E-state index in [9.17, 15) is 9.59 Å². The zero-order valence-electron chi connectivity index (χ0n) is 24.4. The molecule has 11 nitrogen and oxygen atoms in total. The Bertz CT molecular complexity index is 1710. The van der Waals surface area contributed by atoms with Gasteiger partial charge in [0.1, 0.15) is 23.5 Å². The smallest absolute Gasteiger partial charge is 0.272 e. The Kier molecular flexibility index (Phi) is 8.30. The number of fused-ring (bicyclic) bond motifs is 2. The number of aromatic amines is 1. The number of benzene rings is 1. The number of amides is 1. The van der Waals surface area contributed by atoms with Crippen LogP contribution >= 0.6 is 0 Å². The molecular formula is C32H35N7O4. The molecular weight excluding hydrogens is 546 g/mol. The molecule has 1 aliphatic heterocycles. The van der Waals surface area contributed by atoms with Crippen LogP contribution in [0.3, 0.4) is 0 Å². The van der Waals surface area contributed by atoms with E-state index in [2.05, 4.69) is 25.4 Å². The van der Waals surface area contributed by atoms with Crippen LogP contribution in [0, 0.1) is 6.92 Å². The average Bonchev–Trinajstić information content (AvgIpc) is 3.80. The maximum Gasteiger partial charge on any atom is 0.272 e. The van der Waals surface area contributed by atoms with Crippen molar-refractivity contribution in [2.24, 2.45) is 0 Å². The highest BCUT2D eigenvalue weighted by Gasteiger charge is 2.23. The van der Waals surface area contributed by atoms with Crippen LogP contribution in [0.25, 0.3) is 22.2 Å². The Morgan fingerprint density at radius 1 is 1.14 bits per heavy atom. The number of carbonyl (C=O) groups is 2. The fourth-order valence-corrected chi connectivity index (χ4v) is 5.60. The molecule has 6 rings (SSSR count). The van der Waals surface area contributed by atoms with E-state index in [1.54, 1.807) is 13.3 Å². The van der Waals surface area contributed by atoms with Gasteiger partial charge in [0.2, 0.25) is 5.78 Å². The average molecular weight is 582 g/mol. The van der Waals surface area contributed by atoms with Crippen molar-refractivity contribution in [3.8, 4) is 17.0 Å². The number of oxazole rings is 1. The third-order valence-electron chi connectivity index (χ3n) is 7.89. The number of ketones is 1. The fourth-order valence-electron chi connectivity index (χ4n) is 5.60. The van der Waals surface area contributed by atoms with Crippen molar-refractivity contribution < 1.29 is 18.7 Å². The van der Waals surface area contributed by atoms with Crippen LogP contribution in [0.5, 0.6) is 5.75 Å². The lowest BCUT2D eigenvalue weighted by atomic mass is 10.0. The number of pyridine rings is 1. The van der Waals surface area contributed by atoms with Gasteiger partial charge in [-0.25, -0.2) is 9.97 Å². The molecule has 5 heterocycles. The van der Waals surface area contributed by atoms with Crippen molar-refractivity contribution >= 4 is 22.6 Å². The molecule has 5 aromatic rings. The number of hydrogen-bond donors (Lipinski definition) is 2. The number of methoxy groups -OCH3 is 1. The molecule has 222 valence electrons. The summed E-state index contributed by atoms with van der Waals surface area (Å²) in [4.78, 5) is 42.3. The van der Waals surface area contributed by atoms with Gasteiger partial charge in [-0.3, -0.25) is 19.3 Å². The monoisotopic (exact) mass is 581 g/mol. The Labute approximate surface area is 249 Å². The topological polar surface area (TPSA) is 141 Å². The standard InChI is InChI=1S/C32H35N7O4/c1-20-11-12-21-16-23(29(42-2)18-25(21)35-20)27-19-34-30(36-27)24(9-4-3-5-10-28(40)32-33-13-15-43-32)37-31(41)26-17-22-8-6-7-14-39(22)38-26/h11-13,15-19,24H,3-10,14H2,1-2H3,(H,34,36)(H,37,41)/t24-/m0/s1. The Morgan fingerprint density at radius 2 is 2.05 bits per heavy atom. The predicted octanol–water partition coefficient (Wildman–Crippen LogP) is 5.77. The summed E-state index contributed by atoms with van der Waals surface area (Å²) in [6, 6.07) is 9.50. The zero-order valence-corrected chi connectivity index (χ0v) is 24.4. The van der Waals surface area contributed by atoms with E-state index in [1.807, 2.05) is 41.9 Å². The molecule has 11 heteroatoms. The van der Waals surface area contributed by atoms with Gasteiger partial charge in [-0.15, -0.1) is 0 Å². The normalized spacial score (nSPS) is 13.5. The SMILES string of the molecule is COc1cc2nc(C)ccc2cc1-c1cnc([C@H](CCCCCC(=O)c2ncco2)NC(=O)c2cc3n(n2)CCCC3)[nH]1. The molecule has 0 bridgehead atoms. The number of aryl methyl sites for hydroxylation is 3. The zero-order chi connectivity index (χ0) is 29.8. The van der Waals surface area contributed by atoms with Gasteiger partial charge in [0.05, 0.1) is 36.8 Å². The van der Waals surface area contributed by atoms with Crippen LogP contribution in [-0.2, 0) is 13.0 Å². The minimum absolute atomic E-state index is 0.107. The van der Waals surface area contributed by atoms with E-state index in [0.29, 0.717) is 36.5 Å². The fraction of sp³-hybridized carbons (Fsp3) is 0.375. The van der Waals surface area contributed by atoms with E-state index >= 15 is 0 Å². The minimum Gasteiger partial charge on any atom is -0.496 e. The van der Waals surface area contributed by atoms with E-state index in [1.165, 1.54) is 12.5 Å². The number of hydrogen-bond acceptors (Lipinski definition) is 8. The molecule has 4 aromatic heterocycles. The van der Waals surface area contributed by atoms with Crippen LogP contribution < -0.4 is 10.1 Å². The molecule has 1 atom stereocenters.